The molecule has 0 bridgehead atoms. The standard InChI is InChI=1S/C15H16ClN3O2S/c1-9(18-10(2)20)14(21)19-15-17-8-13(22-15)7-11-4-3-5-12(16)6-11/h3-6,8-9H,7H2,1-2H3,(H,18,20)(H,17,19,21). The second-order valence-electron chi connectivity index (χ2n) is 4.85. The zero-order valence-corrected chi connectivity index (χ0v) is 13.8. The van der Waals surface area contributed by atoms with E-state index in [1.165, 1.54) is 18.3 Å². The van der Waals surface area contributed by atoms with Gasteiger partial charge in [0.05, 0.1) is 0 Å². The van der Waals surface area contributed by atoms with Crippen LogP contribution >= 0.6 is 22.9 Å². The number of nitrogens with one attached hydrogen (secondary N) is 2. The van der Waals surface area contributed by atoms with Gasteiger partial charge in [-0.25, -0.2) is 4.98 Å². The van der Waals surface area contributed by atoms with Crippen LogP contribution in [0.2, 0.25) is 5.02 Å². The Balaban J connectivity index is 1.96. The molecule has 116 valence electrons. The molecule has 0 radical (unpaired) electrons. The highest BCUT2D eigenvalue weighted by Gasteiger charge is 2.15. The van der Waals surface area contributed by atoms with E-state index in [4.69, 9.17) is 11.6 Å². The molecule has 0 saturated carbocycles. The van der Waals surface area contributed by atoms with Crippen molar-refractivity contribution in [2.75, 3.05) is 5.32 Å². The summed E-state index contributed by atoms with van der Waals surface area (Å²) >= 11 is 7.36. The van der Waals surface area contributed by atoms with Crippen LogP contribution in [0.3, 0.4) is 0 Å². The second-order valence-corrected chi connectivity index (χ2v) is 6.40. The van der Waals surface area contributed by atoms with E-state index in [2.05, 4.69) is 15.6 Å². The molecular formula is C15H16ClN3O2S. The number of hydrogen-bond donors (Lipinski definition) is 2. The summed E-state index contributed by atoms with van der Waals surface area (Å²) < 4.78 is 0. The quantitative estimate of drug-likeness (QED) is 0.881. The summed E-state index contributed by atoms with van der Waals surface area (Å²) in [5.74, 6) is -0.540. The summed E-state index contributed by atoms with van der Waals surface area (Å²) in [7, 11) is 0. The lowest BCUT2D eigenvalue weighted by Gasteiger charge is -2.10. The fourth-order valence-corrected chi connectivity index (χ4v) is 2.94. The van der Waals surface area contributed by atoms with E-state index >= 15 is 0 Å². The minimum Gasteiger partial charge on any atom is -0.345 e. The van der Waals surface area contributed by atoms with Crippen molar-refractivity contribution in [3.63, 3.8) is 0 Å². The van der Waals surface area contributed by atoms with Crippen molar-refractivity contribution in [1.29, 1.82) is 0 Å². The highest BCUT2D eigenvalue weighted by molar-refractivity contribution is 7.15. The fraction of sp³-hybridized carbons (Fsp3) is 0.267. The van der Waals surface area contributed by atoms with Gasteiger partial charge in [-0.1, -0.05) is 23.7 Å². The monoisotopic (exact) mass is 337 g/mol. The molecule has 0 saturated heterocycles. The highest BCUT2D eigenvalue weighted by atomic mass is 35.5. The van der Waals surface area contributed by atoms with Crippen molar-refractivity contribution in [1.82, 2.24) is 10.3 Å². The molecule has 1 heterocycles. The van der Waals surface area contributed by atoms with Crippen LogP contribution in [0.1, 0.15) is 24.3 Å². The van der Waals surface area contributed by atoms with Crippen LogP contribution in [0.5, 0.6) is 0 Å². The maximum atomic E-state index is 11.9. The normalized spacial score (nSPS) is 11.8. The van der Waals surface area contributed by atoms with Gasteiger partial charge in [-0.15, -0.1) is 11.3 Å². The van der Waals surface area contributed by atoms with Crippen molar-refractivity contribution in [3.8, 4) is 0 Å². The molecule has 1 atom stereocenters. The molecule has 7 heteroatoms. The number of hydrogen-bond acceptors (Lipinski definition) is 4. The Morgan fingerprint density at radius 2 is 2.18 bits per heavy atom. The molecule has 0 fully saturated rings. The molecule has 1 unspecified atom stereocenters. The maximum absolute atomic E-state index is 11.9. The number of nitrogens with zero attached hydrogens (tertiary/aromatic N) is 1. The molecule has 1 aromatic carbocycles. The molecule has 0 aliphatic carbocycles. The van der Waals surface area contributed by atoms with E-state index in [0.29, 0.717) is 16.6 Å². The average Bonchev–Trinajstić information content (AvgIpc) is 2.85. The highest BCUT2D eigenvalue weighted by Crippen LogP contribution is 2.22. The smallest absolute Gasteiger partial charge is 0.248 e. The molecule has 2 rings (SSSR count). The first kappa shape index (κ1) is 16.5. The third-order valence-electron chi connectivity index (χ3n) is 2.86. The topological polar surface area (TPSA) is 71.1 Å². The van der Waals surface area contributed by atoms with Gasteiger partial charge < -0.3 is 10.6 Å². The van der Waals surface area contributed by atoms with Crippen molar-refractivity contribution in [2.24, 2.45) is 0 Å². The molecular weight excluding hydrogens is 322 g/mol. The van der Waals surface area contributed by atoms with Gasteiger partial charge in [0.25, 0.3) is 0 Å². The lowest BCUT2D eigenvalue weighted by Crippen LogP contribution is -2.40. The Kier molecular flexibility index (Phi) is 5.51. The Labute approximate surface area is 137 Å². The van der Waals surface area contributed by atoms with Gasteiger partial charge in [0, 0.05) is 29.4 Å². The largest absolute Gasteiger partial charge is 0.345 e. The van der Waals surface area contributed by atoms with Crippen LogP contribution in [0, 0.1) is 0 Å². The van der Waals surface area contributed by atoms with E-state index in [9.17, 15) is 9.59 Å². The van der Waals surface area contributed by atoms with Crippen LogP contribution in [0.4, 0.5) is 5.13 Å². The van der Waals surface area contributed by atoms with Crippen LogP contribution in [0.15, 0.2) is 30.5 Å². The molecule has 0 spiro atoms. The van der Waals surface area contributed by atoms with Crippen LogP contribution in [-0.2, 0) is 16.0 Å². The summed E-state index contributed by atoms with van der Waals surface area (Å²) in [6.45, 7) is 2.99. The van der Waals surface area contributed by atoms with E-state index in [-0.39, 0.29) is 11.8 Å². The molecule has 0 aliphatic heterocycles. The molecule has 1 aromatic heterocycles. The minimum absolute atomic E-state index is 0.247. The van der Waals surface area contributed by atoms with Gasteiger partial charge in [0.2, 0.25) is 11.8 Å². The molecule has 22 heavy (non-hydrogen) atoms. The Morgan fingerprint density at radius 3 is 2.86 bits per heavy atom. The van der Waals surface area contributed by atoms with Gasteiger partial charge in [0.15, 0.2) is 5.13 Å². The first-order chi connectivity index (χ1) is 10.4. The number of amides is 2. The summed E-state index contributed by atoms with van der Waals surface area (Å²) in [4.78, 5) is 28.0. The fourth-order valence-electron chi connectivity index (χ4n) is 1.88. The first-order valence-electron chi connectivity index (χ1n) is 6.71. The summed E-state index contributed by atoms with van der Waals surface area (Å²) in [6, 6.07) is 7.02. The lowest BCUT2D eigenvalue weighted by molar-refractivity contribution is -0.124. The number of carbonyl (C=O) groups is 2. The molecule has 5 nitrogen and oxygen atoms in total. The lowest BCUT2D eigenvalue weighted by atomic mass is 10.1. The van der Waals surface area contributed by atoms with E-state index in [1.807, 2.05) is 24.3 Å². The molecule has 0 aliphatic rings. The zero-order chi connectivity index (χ0) is 16.1. The van der Waals surface area contributed by atoms with Crippen molar-refractivity contribution in [3.05, 3.63) is 45.9 Å². The van der Waals surface area contributed by atoms with E-state index in [1.54, 1.807) is 13.1 Å². The number of rotatable bonds is 5. The van der Waals surface area contributed by atoms with Gasteiger partial charge in [0.1, 0.15) is 6.04 Å². The van der Waals surface area contributed by atoms with Crippen LogP contribution < -0.4 is 10.6 Å². The Bertz CT molecular complexity index is 687. The summed E-state index contributed by atoms with van der Waals surface area (Å²) in [6.07, 6.45) is 2.43. The second kappa shape index (κ2) is 7.38. The number of thiazole rings is 1. The minimum atomic E-state index is -0.599. The predicted octanol–water partition coefficient (Wildman–Crippen LogP) is 2.85. The van der Waals surface area contributed by atoms with Crippen LogP contribution in [0.25, 0.3) is 0 Å². The first-order valence-corrected chi connectivity index (χ1v) is 7.90. The Hall–Kier alpha value is -1.92. The zero-order valence-electron chi connectivity index (χ0n) is 12.2. The van der Waals surface area contributed by atoms with Gasteiger partial charge in [-0.05, 0) is 24.6 Å². The number of aromatic nitrogens is 1. The summed E-state index contributed by atoms with van der Waals surface area (Å²) in [5.41, 5.74) is 1.08. The van der Waals surface area contributed by atoms with Gasteiger partial charge in [-0.3, -0.25) is 9.59 Å². The SMILES string of the molecule is CC(=O)NC(C)C(=O)Nc1ncc(Cc2cccc(Cl)c2)s1. The maximum Gasteiger partial charge on any atom is 0.248 e. The van der Waals surface area contributed by atoms with Gasteiger partial charge in [-0.2, -0.15) is 0 Å². The van der Waals surface area contributed by atoms with E-state index in [0.717, 1.165) is 10.4 Å². The Morgan fingerprint density at radius 1 is 1.41 bits per heavy atom. The van der Waals surface area contributed by atoms with Crippen molar-refractivity contribution in [2.45, 2.75) is 26.3 Å². The number of halogens is 1. The third kappa shape index (κ3) is 4.82. The number of anilines is 1. The predicted molar refractivity (Wildman–Crippen MR) is 88.3 cm³/mol. The molecule has 2 amide bonds. The van der Waals surface area contributed by atoms with E-state index < -0.39 is 6.04 Å². The molecule has 2 N–H and O–H groups in total. The number of benzene rings is 1. The number of carbonyl (C=O) groups excluding carboxylic acids is 2. The van der Waals surface area contributed by atoms with Crippen molar-refractivity contribution >= 4 is 39.9 Å². The average molecular weight is 338 g/mol. The third-order valence-corrected chi connectivity index (χ3v) is 4.01. The van der Waals surface area contributed by atoms with Crippen molar-refractivity contribution < 1.29 is 9.59 Å². The van der Waals surface area contributed by atoms with Gasteiger partial charge >= 0.3 is 0 Å². The summed E-state index contributed by atoms with van der Waals surface area (Å²) in [5, 5.41) is 6.43. The van der Waals surface area contributed by atoms with Crippen LogP contribution in [-0.4, -0.2) is 22.8 Å². The molecule has 2 aromatic rings.